The minimum Gasteiger partial charge on any atom is -0.481 e. The molecule has 3 aliphatic rings. The van der Waals surface area contributed by atoms with Crippen LogP contribution in [0.2, 0.25) is 0 Å². The average Bonchev–Trinajstić information content (AvgIpc) is 1.62. The van der Waals surface area contributed by atoms with Gasteiger partial charge in [0.05, 0.1) is 72.4 Å². The zero-order valence-electron chi connectivity index (χ0n) is 62.6. The number of aryl methyl sites for hydroxylation is 1. The van der Waals surface area contributed by atoms with E-state index in [1.165, 1.54) is 101 Å². The Kier molecular flexibility index (Phi) is 26.5. The van der Waals surface area contributed by atoms with Crippen LogP contribution in [0.4, 0.5) is 37.1 Å². The molecule has 3 aliphatic heterocycles. The van der Waals surface area contributed by atoms with Crippen LogP contribution in [0.1, 0.15) is 107 Å². The summed E-state index contributed by atoms with van der Waals surface area (Å²) >= 11 is 0. The highest BCUT2D eigenvalue weighted by molar-refractivity contribution is 7.92. The van der Waals surface area contributed by atoms with Crippen LogP contribution in [-0.4, -0.2) is 216 Å². The van der Waals surface area contributed by atoms with Crippen LogP contribution in [0.15, 0.2) is 113 Å². The molecule has 5 atom stereocenters. The Hall–Kier alpha value is -12.5. The number of ether oxygens (including phenoxy) is 2. The molecule has 35 nitrogen and oxygen atoms in total. The lowest BCUT2D eigenvalue weighted by molar-refractivity contribution is -0.191. The van der Waals surface area contributed by atoms with Gasteiger partial charge in [0.25, 0.3) is 15.6 Å². The van der Waals surface area contributed by atoms with Crippen molar-refractivity contribution in [3.63, 3.8) is 0 Å². The molecule has 0 saturated carbocycles. The van der Waals surface area contributed by atoms with Gasteiger partial charge >= 0.3 is 42.0 Å². The number of nitrogens with zero attached hydrogens (tertiary/aromatic N) is 7. The second-order valence-electron chi connectivity index (χ2n) is 27.4. The van der Waals surface area contributed by atoms with Gasteiger partial charge < -0.3 is 86.0 Å². The van der Waals surface area contributed by atoms with E-state index in [1.807, 2.05) is 38.1 Å². The molecular weight excluding hydrogens is 1460 g/mol. The van der Waals surface area contributed by atoms with E-state index in [2.05, 4.69) is 41.9 Å². The van der Waals surface area contributed by atoms with Crippen molar-refractivity contribution in [2.45, 2.75) is 127 Å². The van der Waals surface area contributed by atoms with E-state index in [-0.39, 0.29) is 83.3 Å². The molecule has 0 spiro atoms. The molecule has 0 aliphatic carbocycles. The number of amides is 12. The number of aromatic nitrogens is 2. The predicted molar refractivity (Wildman–Crippen MR) is 403 cm³/mol. The number of pyridine rings is 2. The van der Waals surface area contributed by atoms with Crippen molar-refractivity contribution >= 4 is 121 Å². The van der Waals surface area contributed by atoms with Crippen LogP contribution in [0, 0.1) is 5.92 Å². The topological polar surface area (TPSA) is 462 Å². The molecule has 111 heavy (non-hydrogen) atoms. The van der Waals surface area contributed by atoms with Gasteiger partial charge in [-0.05, 0) is 116 Å². The quantitative estimate of drug-likeness (QED) is 0.0268. The van der Waals surface area contributed by atoms with E-state index in [4.69, 9.17) is 14.5 Å². The molecule has 590 valence electrons. The molecule has 0 radical (unpaired) electrons. The molecule has 1 fully saturated rings. The number of sulfonamides is 1. The highest BCUT2D eigenvalue weighted by atomic mass is 32.2. The number of cyclic esters (lactones) is 1. The fourth-order valence-corrected chi connectivity index (χ4v) is 14.2. The number of esters is 2. The average molecular weight is 1550 g/mol. The maximum Gasteiger partial charge on any atom is 0.355 e. The monoisotopic (exact) mass is 1550 g/mol. The van der Waals surface area contributed by atoms with Crippen LogP contribution >= 0.6 is 0 Å². The Morgan fingerprint density at radius 3 is 1.95 bits per heavy atom. The molecule has 5 heterocycles. The number of para-hydroxylation sites is 1. The van der Waals surface area contributed by atoms with Gasteiger partial charge in [0, 0.05) is 80.5 Å². The molecule has 10 N–H and O–H groups in total. The van der Waals surface area contributed by atoms with Gasteiger partial charge in [-0.25, -0.2) is 37.4 Å². The van der Waals surface area contributed by atoms with Crippen LogP contribution in [0.25, 0.3) is 22.3 Å². The largest absolute Gasteiger partial charge is 0.481 e. The third kappa shape index (κ3) is 19.7. The summed E-state index contributed by atoms with van der Waals surface area (Å²) < 4.78 is 42.5. The number of fused-ring (bicyclic) bond motifs is 5. The summed E-state index contributed by atoms with van der Waals surface area (Å²) in [5, 5.41) is 38.6. The first-order valence-corrected chi connectivity index (χ1v) is 37.3. The number of carbonyl (C=O) groups is 13. The number of hydrogen-bond acceptors (Lipinski definition) is 19. The molecule has 36 heteroatoms. The zero-order valence-corrected chi connectivity index (χ0v) is 63.4. The number of carboxylic acids is 2. The zero-order chi connectivity index (χ0) is 80.9. The number of hydrogen-bond donors (Lipinski definition) is 10. The summed E-state index contributed by atoms with van der Waals surface area (Å²) in [7, 11) is 0.820. The fourth-order valence-electron chi connectivity index (χ4n) is 13.1. The van der Waals surface area contributed by atoms with Crippen molar-refractivity contribution in [3.8, 4) is 11.4 Å². The smallest absolute Gasteiger partial charge is 0.355 e. The van der Waals surface area contributed by atoms with E-state index in [0.29, 0.717) is 36.3 Å². The first-order valence-electron chi connectivity index (χ1n) is 35.8. The second-order valence-corrected chi connectivity index (χ2v) is 29.1. The minimum absolute atomic E-state index is 0.0436. The van der Waals surface area contributed by atoms with E-state index in [1.54, 1.807) is 31.4 Å². The second kappa shape index (κ2) is 35.7. The molecule has 2 aromatic heterocycles. The summed E-state index contributed by atoms with van der Waals surface area (Å²) in [6.07, 6.45) is -0.0798. The predicted octanol–water partition coefficient (Wildman–Crippen LogP) is 4.49. The number of aliphatic carboxylic acids is 2. The van der Waals surface area contributed by atoms with Gasteiger partial charge in [-0.2, -0.15) is 0 Å². The van der Waals surface area contributed by atoms with Gasteiger partial charge in [0.1, 0.15) is 31.3 Å². The third-order valence-corrected chi connectivity index (χ3v) is 20.4. The fraction of sp³-hybridized carbons (Fsp3) is 0.400. The van der Waals surface area contributed by atoms with Crippen LogP contribution in [-0.2, 0) is 92.6 Å². The Morgan fingerprint density at radius 1 is 0.685 bits per heavy atom. The van der Waals surface area contributed by atoms with Gasteiger partial charge in [-0.3, -0.25) is 47.9 Å². The van der Waals surface area contributed by atoms with Crippen molar-refractivity contribution < 1.29 is 90.4 Å². The molecule has 4 aromatic carbocycles. The van der Waals surface area contributed by atoms with Gasteiger partial charge in [0.2, 0.25) is 41.0 Å². The number of likely N-dealkylation sites (N-methyl/N-ethyl adjacent to an activating group) is 4. The Morgan fingerprint density at radius 2 is 1.31 bits per heavy atom. The maximum absolute atomic E-state index is 14.5. The van der Waals surface area contributed by atoms with Crippen molar-refractivity contribution in [1.82, 2.24) is 55.3 Å². The van der Waals surface area contributed by atoms with Crippen LogP contribution in [0.5, 0.6) is 0 Å². The molecule has 0 bridgehead atoms. The molecule has 1 saturated heterocycles. The number of anilines is 4. The Bertz CT molecular complexity index is 4840. The van der Waals surface area contributed by atoms with Gasteiger partial charge in [0.15, 0.2) is 0 Å². The molecule has 5 unspecified atom stereocenters. The van der Waals surface area contributed by atoms with E-state index in [9.17, 15) is 85.8 Å². The number of benzene rings is 4. The Labute approximate surface area is 638 Å². The lowest BCUT2D eigenvalue weighted by Crippen LogP contribution is -2.58. The SMILES string of the molecule is CCCNC(=O)Nc1cccc(S(=O)(=O)Nc2cccc(C(CC(=O)O)NC(=O)Nc3ccc(NC(=O)N(C)CC(=O)N(C)CC(=O)N(C)CC(=O)N(C)CC(=O)NC(CC(=O)O)C(=O)N4CCCC4C(=O)NC(C(=O)OC4(CC)C(=O)OCc5c4cc4n(c5=O)Cc5c-4nc4ccccc4c5CC)C(C)C)cc3)c2)c1. The van der Waals surface area contributed by atoms with Crippen LogP contribution in [0.3, 0.4) is 0 Å². The summed E-state index contributed by atoms with van der Waals surface area (Å²) in [5.41, 5.74) is 2.09. The third-order valence-electron chi connectivity index (χ3n) is 19.1. The number of carbonyl (C=O) groups excluding carboxylic acids is 11. The van der Waals surface area contributed by atoms with Gasteiger partial charge in [-0.1, -0.05) is 71.0 Å². The first-order chi connectivity index (χ1) is 52.6. The summed E-state index contributed by atoms with van der Waals surface area (Å²) in [5.74, 6) is -10.5. The van der Waals surface area contributed by atoms with Crippen LogP contribution < -0.4 is 47.5 Å². The summed E-state index contributed by atoms with van der Waals surface area (Å²) in [6, 6.07) is 18.4. The van der Waals surface area contributed by atoms with Crippen molar-refractivity contribution in [2.75, 3.05) is 88.1 Å². The number of carboxylic acid groups (broad SMARTS) is 2. The van der Waals surface area contributed by atoms with E-state index >= 15 is 0 Å². The molecular formula is C75H89N15O20S. The molecule has 12 amide bonds. The highest BCUT2D eigenvalue weighted by Gasteiger charge is 2.52. The highest BCUT2D eigenvalue weighted by Crippen LogP contribution is 2.43. The number of nitrogens with one attached hydrogen (secondary N) is 8. The van der Waals surface area contributed by atoms with Crippen molar-refractivity contribution in [1.29, 1.82) is 0 Å². The number of urea groups is 3. The normalized spacial score (nSPS) is 15.5. The number of likely N-dealkylation sites (tertiary alicyclic amines) is 1. The van der Waals surface area contributed by atoms with Crippen molar-refractivity contribution in [2.24, 2.45) is 5.92 Å². The summed E-state index contributed by atoms with van der Waals surface area (Å²) in [6.45, 7) is 6.41. The Balaban J connectivity index is 0.725. The van der Waals surface area contributed by atoms with Crippen molar-refractivity contribution in [3.05, 3.63) is 141 Å². The standard InChI is InChI=1S/C75H89N15O20S/c1-10-29-76-72(104)78-46-19-16-21-48(32-46)111(107,108)84-47-20-15-18-43(31-47)55(34-63(95)96)82-73(105)77-44-25-27-45(28-26-44)79-74(106)88(9)40-62(94)87(8)39-61(93)86(7)38-60(92)85(6)37-59(91)80-56(35-64(97)98)69(101)89-30-17-24-57(89)67(99)83-65(42(4)5)70(102)110-75(12-3)53-33-58-66-51(36-90(58)68(100)52(53)41-109-71(75)103)49(11-2)50-22-13-14-23-54(50)81-66/h13-16,18-23,25-28,31-33,42,55-57,65,84H,10-12,17,24,29-30,34-41H2,1-9H3,(H,79,106)(H,80,91)(H,83,99)(H,95,96)(H,97,98)(H2,76,78,104)(H2,77,82,105). The lowest BCUT2D eigenvalue weighted by Gasteiger charge is -2.37. The summed E-state index contributed by atoms with van der Waals surface area (Å²) in [4.78, 5) is 198. The maximum atomic E-state index is 14.5. The van der Waals surface area contributed by atoms with E-state index in [0.717, 1.165) is 41.0 Å². The molecule has 9 rings (SSSR count). The lowest BCUT2D eigenvalue weighted by atomic mass is 9.85. The first kappa shape index (κ1) is 82.6. The minimum atomic E-state index is -4.23. The molecule has 6 aromatic rings. The van der Waals surface area contributed by atoms with E-state index < -0.39 is 168 Å². The number of rotatable bonds is 31. The van der Waals surface area contributed by atoms with Gasteiger partial charge in [-0.15, -0.1) is 0 Å².